The molecule has 1 aromatic carbocycles. The Hall–Kier alpha value is -1.75. The summed E-state index contributed by atoms with van der Waals surface area (Å²) in [6.45, 7) is 2.96. The highest BCUT2D eigenvalue weighted by molar-refractivity contribution is 5.32. The quantitative estimate of drug-likeness (QED) is 0.721. The first kappa shape index (κ1) is 13.7. The average molecular weight is 255 g/mol. The van der Waals surface area contributed by atoms with Crippen molar-refractivity contribution in [1.82, 2.24) is 0 Å². The summed E-state index contributed by atoms with van der Waals surface area (Å²) in [4.78, 5) is 0. The Morgan fingerprint density at radius 2 is 2.11 bits per heavy atom. The van der Waals surface area contributed by atoms with Gasteiger partial charge in [0.05, 0.1) is 12.7 Å². The number of hydrogen-bond donors (Lipinski definition) is 0. The third-order valence-corrected chi connectivity index (χ3v) is 3.67. The van der Waals surface area contributed by atoms with E-state index in [9.17, 15) is 0 Å². The fourth-order valence-electron chi connectivity index (χ4n) is 2.41. The third kappa shape index (κ3) is 3.86. The minimum absolute atomic E-state index is 0.557. The molecule has 2 nitrogen and oxygen atoms in total. The molecule has 19 heavy (non-hydrogen) atoms. The van der Waals surface area contributed by atoms with Crippen LogP contribution in [0.25, 0.3) is 0 Å². The summed E-state index contributed by atoms with van der Waals surface area (Å²) in [5, 5.41) is 8.85. The maximum absolute atomic E-state index is 8.85. The van der Waals surface area contributed by atoms with E-state index in [0.29, 0.717) is 5.92 Å². The van der Waals surface area contributed by atoms with Crippen LogP contribution >= 0.6 is 0 Å². The van der Waals surface area contributed by atoms with Crippen LogP contribution in [0.1, 0.15) is 50.5 Å². The van der Waals surface area contributed by atoms with Crippen molar-refractivity contribution in [3.8, 4) is 11.8 Å². The summed E-state index contributed by atoms with van der Waals surface area (Å²) in [6, 6.07) is 10.7. The highest BCUT2D eigenvalue weighted by Crippen LogP contribution is 2.32. The molecule has 0 saturated heterocycles. The summed E-state index contributed by atoms with van der Waals surface area (Å²) in [6.07, 6.45) is 7.32. The SMILES string of the molecule is CCCCOc1ccc(C2CC=C(C#N)CC2)cc1. The standard InChI is InChI=1S/C17H21NO/c1-2-3-12-19-17-10-8-16(9-11-17)15-6-4-14(13-18)5-7-15/h4,8-11,15H,2-3,5-7,12H2,1H3. The monoisotopic (exact) mass is 255 g/mol. The molecule has 0 fully saturated rings. The summed E-state index contributed by atoms with van der Waals surface area (Å²) in [7, 11) is 0. The molecular weight excluding hydrogens is 234 g/mol. The highest BCUT2D eigenvalue weighted by atomic mass is 16.5. The van der Waals surface area contributed by atoms with E-state index in [-0.39, 0.29) is 0 Å². The molecule has 1 aromatic rings. The molecule has 2 heteroatoms. The number of nitrogens with zero attached hydrogens (tertiary/aromatic N) is 1. The fourth-order valence-corrected chi connectivity index (χ4v) is 2.41. The van der Waals surface area contributed by atoms with E-state index in [1.807, 2.05) is 0 Å². The Morgan fingerprint density at radius 1 is 1.32 bits per heavy atom. The largest absolute Gasteiger partial charge is 0.494 e. The second-order valence-corrected chi connectivity index (χ2v) is 5.08. The van der Waals surface area contributed by atoms with Gasteiger partial charge >= 0.3 is 0 Å². The Kier molecular flexibility index (Phi) is 5.03. The highest BCUT2D eigenvalue weighted by Gasteiger charge is 2.15. The van der Waals surface area contributed by atoms with Crippen LogP contribution in [-0.2, 0) is 0 Å². The molecule has 1 atom stereocenters. The number of nitriles is 1. The molecule has 0 radical (unpaired) electrons. The van der Waals surface area contributed by atoms with E-state index in [4.69, 9.17) is 10.00 Å². The van der Waals surface area contributed by atoms with Crippen LogP contribution in [0.4, 0.5) is 0 Å². The van der Waals surface area contributed by atoms with Gasteiger partial charge in [0.25, 0.3) is 0 Å². The van der Waals surface area contributed by atoms with Gasteiger partial charge in [-0.15, -0.1) is 0 Å². The van der Waals surface area contributed by atoms with E-state index in [1.165, 1.54) is 5.56 Å². The zero-order chi connectivity index (χ0) is 13.5. The Morgan fingerprint density at radius 3 is 2.68 bits per heavy atom. The van der Waals surface area contributed by atoms with Crippen LogP contribution in [0, 0.1) is 11.3 Å². The molecule has 1 unspecified atom stereocenters. The van der Waals surface area contributed by atoms with Crippen molar-refractivity contribution in [2.75, 3.05) is 6.61 Å². The number of unbranched alkanes of at least 4 members (excludes halogenated alkanes) is 1. The molecule has 0 amide bonds. The molecule has 0 N–H and O–H groups in total. The maximum atomic E-state index is 8.85. The summed E-state index contributed by atoms with van der Waals surface area (Å²) < 4.78 is 5.67. The lowest BCUT2D eigenvalue weighted by Gasteiger charge is -2.20. The van der Waals surface area contributed by atoms with Crippen molar-refractivity contribution in [3.63, 3.8) is 0 Å². The molecule has 2 rings (SSSR count). The van der Waals surface area contributed by atoms with Gasteiger partial charge in [-0.2, -0.15) is 5.26 Å². The molecule has 100 valence electrons. The van der Waals surface area contributed by atoms with Crippen molar-refractivity contribution < 1.29 is 4.74 Å². The van der Waals surface area contributed by atoms with Crippen LogP contribution in [-0.4, -0.2) is 6.61 Å². The van der Waals surface area contributed by atoms with E-state index >= 15 is 0 Å². The number of allylic oxidation sites excluding steroid dienone is 2. The molecule has 0 aromatic heterocycles. The maximum Gasteiger partial charge on any atom is 0.119 e. The lowest BCUT2D eigenvalue weighted by molar-refractivity contribution is 0.309. The van der Waals surface area contributed by atoms with Gasteiger partial charge in [0.2, 0.25) is 0 Å². The number of hydrogen-bond acceptors (Lipinski definition) is 2. The molecule has 0 saturated carbocycles. The first-order chi connectivity index (χ1) is 9.33. The summed E-state index contributed by atoms with van der Waals surface area (Å²) in [5.41, 5.74) is 2.30. The summed E-state index contributed by atoms with van der Waals surface area (Å²) in [5.74, 6) is 1.52. The molecule has 0 heterocycles. The van der Waals surface area contributed by atoms with Crippen molar-refractivity contribution in [2.45, 2.75) is 44.9 Å². The first-order valence-electron chi connectivity index (χ1n) is 7.15. The van der Waals surface area contributed by atoms with Gasteiger partial charge in [0.15, 0.2) is 0 Å². The Labute approximate surface area is 115 Å². The second-order valence-electron chi connectivity index (χ2n) is 5.08. The number of rotatable bonds is 5. The van der Waals surface area contributed by atoms with Crippen molar-refractivity contribution in [3.05, 3.63) is 41.5 Å². The minimum atomic E-state index is 0.557. The van der Waals surface area contributed by atoms with Crippen LogP contribution in [0.5, 0.6) is 5.75 Å². The molecule has 0 aliphatic heterocycles. The number of benzene rings is 1. The topological polar surface area (TPSA) is 33.0 Å². The summed E-state index contributed by atoms with van der Waals surface area (Å²) >= 11 is 0. The van der Waals surface area contributed by atoms with Crippen LogP contribution in [0.15, 0.2) is 35.9 Å². The van der Waals surface area contributed by atoms with Crippen LogP contribution in [0.2, 0.25) is 0 Å². The van der Waals surface area contributed by atoms with Gasteiger partial charge in [-0.05, 0) is 49.3 Å². The van der Waals surface area contributed by atoms with E-state index in [2.05, 4.69) is 43.3 Å². The van der Waals surface area contributed by atoms with E-state index in [1.54, 1.807) is 0 Å². The van der Waals surface area contributed by atoms with Crippen LogP contribution in [0.3, 0.4) is 0 Å². The van der Waals surface area contributed by atoms with Gasteiger partial charge in [0, 0.05) is 5.57 Å². The predicted octanol–water partition coefficient (Wildman–Crippen LogP) is 4.58. The van der Waals surface area contributed by atoms with Crippen molar-refractivity contribution in [1.29, 1.82) is 5.26 Å². The predicted molar refractivity (Wildman–Crippen MR) is 77.1 cm³/mol. The molecule has 1 aliphatic carbocycles. The van der Waals surface area contributed by atoms with E-state index in [0.717, 1.165) is 50.0 Å². The van der Waals surface area contributed by atoms with Crippen LogP contribution < -0.4 is 4.74 Å². The smallest absolute Gasteiger partial charge is 0.119 e. The van der Waals surface area contributed by atoms with Gasteiger partial charge in [-0.1, -0.05) is 31.6 Å². The first-order valence-corrected chi connectivity index (χ1v) is 7.15. The number of ether oxygens (including phenoxy) is 1. The Bertz CT molecular complexity index is 467. The van der Waals surface area contributed by atoms with Gasteiger partial charge < -0.3 is 4.74 Å². The lowest BCUT2D eigenvalue weighted by atomic mass is 9.85. The van der Waals surface area contributed by atoms with Gasteiger partial charge in [-0.3, -0.25) is 0 Å². The minimum Gasteiger partial charge on any atom is -0.494 e. The second kappa shape index (κ2) is 6.99. The zero-order valence-corrected chi connectivity index (χ0v) is 11.6. The van der Waals surface area contributed by atoms with Crippen molar-refractivity contribution in [2.24, 2.45) is 0 Å². The molecule has 0 spiro atoms. The van der Waals surface area contributed by atoms with Gasteiger partial charge in [0.1, 0.15) is 5.75 Å². The zero-order valence-electron chi connectivity index (χ0n) is 11.6. The average Bonchev–Trinajstić information content (AvgIpc) is 2.48. The third-order valence-electron chi connectivity index (χ3n) is 3.67. The van der Waals surface area contributed by atoms with Gasteiger partial charge in [-0.25, -0.2) is 0 Å². The molecular formula is C17H21NO. The fraction of sp³-hybridized carbons (Fsp3) is 0.471. The van der Waals surface area contributed by atoms with Crippen molar-refractivity contribution >= 4 is 0 Å². The normalized spacial score (nSPS) is 18.5. The molecule has 1 aliphatic rings. The molecule has 0 bridgehead atoms. The Balaban J connectivity index is 1.92. The lowest BCUT2D eigenvalue weighted by Crippen LogP contribution is -2.04. The van der Waals surface area contributed by atoms with E-state index < -0.39 is 0 Å².